The van der Waals surface area contributed by atoms with Gasteiger partial charge < -0.3 is 10.2 Å². The molecule has 0 unspecified atom stereocenters. The van der Waals surface area contributed by atoms with Crippen LogP contribution in [0.15, 0.2) is 29.1 Å². The summed E-state index contributed by atoms with van der Waals surface area (Å²) in [6, 6.07) is 3.65. The van der Waals surface area contributed by atoms with Gasteiger partial charge in [0.2, 0.25) is 0 Å². The summed E-state index contributed by atoms with van der Waals surface area (Å²) >= 11 is 0. The molecule has 2 heterocycles. The average Bonchev–Trinajstić information content (AvgIpc) is 2.62. The molecule has 0 amide bonds. The summed E-state index contributed by atoms with van der Waals surface area (Å²) in [6.07, 6.45) is 3.03. The maximum absolute atomic E-state index is 5.63. The van der Waals surface area contributed by atoms with Crippen LogP contribution in [0.5, 0.6) is 0 Å². The molecule has 0 fully saturated rings. The second-order valence-corrected chi connectivity index (χ2v) is 2.71. The molecule has 4 heteroatoms. The molecule has 0 aliphatic heterocycles. The van der Waals surface area contributed by atoms with Crippen molar-refractivity contribution in [2.45, 2.75) is 6.92 Å². The minimum Gasteiger partial charge on any atom is -0.463 e. The van der Waals surface area contributed by atoms with Crippen molar-refractivity contribution >= 4 is 5.82 Å². The van der Waals surface area contributed by atoms with Crippen LogP contribution in [0.4, 0.5) is 5.82 Å². The monoisotopic (exact) mass is 175 g/mol. The first-order valence-corrected chi connectivity index (χ1v) is 3.90. The largest absolute Gasteiger partial charge is 0.463 e. The Hall–Kier alpha value is -1.84. The second kappa shape index (κ2) is 2.90. The van der Waals surface area contributed by atoms with Crippen molar-refractivity contribution in [3.05, 3.63) is 30.3 Å². The third-order valence-corrected chi connectivity index (χ3v) is 1.88. The molecule has 0 aliphatic carbocycles. The van der Waals surface area contributed by atoms with E-state index >= 15 is 0 Å². The van der Waals surface area contributed by atoms with Crippen LogP contribution in [0, 0.1) is 6.92 Å². The van der Waals surface area contributed by atoms with Gasteiger partial charge in [-0.2, -0.15) is 0 Å². The maximum Gasteiger partial charge on any atom is 0.152 e. The van der Waals surface area contributed by atoms with Crippen LogP contribution in [-0.2, 0) is 0 Å². The number of anilines is 1. The quantitative estimate of drug-likeness (QED) is 0.715. The zero-order chi connectivity index (χ0) is 9.26. The maximum atomic E-state index is 5.63. The van der Waals surface area contributed by atoms with Crippen molar-refractivity contribution < 1.29 is 4.42 Å². The Labute approximate surface area is 75.4 Å². The molecule has 0 saturated carbocycles. The van der Waals surface area contributed by atoms with Gasteiger partial charge in [-0.15, -0.1) is 0 Å². The molecule has 0 atom stereocenters. The first-order valence-electron chi connectivity index (χ1n) is 3.90. The molecule has 0 bridgehead atoms. The Balaban J connectivity index is 2.59. The normalized spacial score (nSPS) is 10.2. The second-order valence-electron chi connectivity index (χ2n) is 2.71. The zero-order valence-electron chi connectivity index (χ0n) is 7.19. The lowest BCUT2D eigenvalue weighted by Gasteiger charge is -2.02. The number of hydrogen-bond donors (Lipinski definition) is 1. The number of furan rings is 1. The molecular formula is C9H9N3O. The number of hydrogen-bond acceptors (Lipinski definition) is 4. The summed E-state index contributed by atoms with van der Waals surface area (Å²) < 4.78 is 5.21. The smallest absolute Gasteiger partial charge is 0.152 e. The average molecular weight is 175 g/mol. The van der Waals surface area contributed by atoms with E-state index in [1.54, 1.807) is 6.26 Å². The summed E-state index contributed by atoms with van der Waals surface area (Å²) in [5.74, 6) is 1.20. The Morgan fingerprint density at radius 3 is 2.92 bits per heavy atom. The van der Waals surface area contributed by atoms with E-state index in [-0.39, 0.29) is 0 Å². The van der Waals surface area contributed by atoms with Gasteiger partial charge in [-0.05, 0) is 19.1 Å². The van der Waals surface area contributed by atoms with Crippen LogP contribution in [0.1, 0.15) is 5.56 Å². The Kier molecular flexibility index (Phi) is 1.73. The number of nitrogen functional groups attached to an aromatic ring is 1. The van der Waals surface area contributed by atoms with Gasteiger partial charge in [0.15, 0.2) is 5.76 Å². The predicted octanol–water partition coefficient (Wildman–Crippen LogP) is 1.63. The molecule has 2 N–H and O–H groups in total. The van der Waals surface area contributed by atoms with Crippen molar-refractivity contribution in [2.75, 3.05) is 5.73 Å². The molecule has 2 aromatic rings. The summed E-state index contributed by atoms with van der Waals surface area (Å²) in [4.78, 5) is 7.97. The molecular weight excluding hydrogens is 166 g/mol. The van der Waals surface area contributed by atoms with E-state index in [4.69, 9.17) is 10.2 Å². The molecule has 0 aromatic carbocycles. The van der Waals surface area contributed by atoms with E-state index in [0.717, 1.165) is 11.3 Å². The molecule has 2 aromatic heterocycles. The Morgan fingerprint density at radius 1 is 1.38 bits per heavy atom. The van der Waals surface area contributed by atoms with Gasteiger partial charge in [0, 0.05) is 5.56 Å². The first-order chi connectivity index (χ1) is 6.29. The molecule has 66 valence electrons. The van der Waals surface area contributed by atoms with Gasteiger partial charge in [-0.1, -0.05) is 0 Å². The highest BCUT2D eigenvalue weighted by Gasteiger charge is 2.08. The molecule has 0 radical (unpaired) electrons. The van der Waals surface area contributed by atoms with Gasteiger partial charge in [-0.3, -0.25) is 0 Å². The number of aromatic nitrogens is 2. The highest BCUT2D eigenvalue weighted by atomic mass is 16.3. The third-order valence-electron chi connectivity index (χ3n) is 1.88. The van der Waals surface area contributed by atoms with Crippen molar-refractivity contribution in [1.29, 1.82) is 0 Å². The van der Waals surface area contributed by atoms with E-state index in [1.165, 1.54) is 6.33 Å². The summed E-state index contributed by atoms with van der Waals surface area (Å²) in [7, 11) is 0. The third kappa shape index (κ3) is 1.26. The van der Waals surface area contributed by atoms with Crippen LogP contribution in [0.2, 0.25) is 0 Å². The molecule has 13 heavy (non-hydrogen) atoms. The van der Waals surface area contributed by atoms with Crippen LogP contribution < -0.4 is 5.73 Å². The van der Waals surface area contributed by atoms with Crippen LogP contribution >= 0.6 is 0 Å². The highest BCUT2D eigenvalue weighted by molar-refractivity contribution is 5.61. The molecule has 0 aliphatic rings. The van der Waals surface area contributed by atoms with Gasteiger partial charge in [0.25, 0.3) is 0 Å². The van der Waals surface area contributed by atoms with Crippen LogP contribution in [-0.4, -0.2) is 9.97 Å². The predicted molar refractivity (Wildman–Crippen MR) is 48.9 cm³/mol. The summed E-state index contributed by atoms with van der Waals surface area (Å²) in [6.45, 7) is 1.87. The minimum absolute atomic E-state index is 0.487. The Bertz CT molecular complexity index is 409. The summed E-state index contributed by atoms with van der Waals surface area (Å²) in [5.41, 5.74) is 7.23. The van der Waals surface area contributed by atoms with E-state index in [1.807, 2.05) is 19.1 Å². The number of nitrogens with two attached hydrogens (primary N) is 1. The van der Waals surface area contributed by atoms with Crippen LogP contribution in [0.25, 0.3) is 11.5 Å². The standard InChI is InChI=1S/C9H9N3O/c1-6-8(7-3-2-4-13-7)11-5-12-9(6)10/h2-5H,1H3,(H2,10,11,12). The van der Waals surface area contributed by atoms with E-state index < -0.39 is 0 Å². The highest BCUT2D eigenvalue weighted by Crippen LogP contribution is 2.22. The molecule has 2 rings (SSSR count). The lowest BCUT2D eigenvalue weighted by Crippen LogP contribution is -1.97. The topological polar surface area (TPSA) is 64.9 Å². The fraction of sp³-hybridized carbons (Fsp3) is 0.111. The van der Waals surface area contributed by atoms with E-state index in [0.29, 0.717) is 11.6 Å². The Morgan fingerprint density at radius 2 is 2.23 bits per heavy atom. The lowest BCUT2D eigenvalue weighted by molar-refractivity contribution is 0.579. The number of nitrogens with zero attached hydrogens (tertiary/aromatic N) is 2. The van der Waals surface area contributed by atoms with Crippen molar-refractivity contribution in [3.63, 3.8) is 0 Å². The van der Waals surface area contributed by atoms with Gasteiger partial charge >= 0.3 is 0 Å². The zero-order valence-corrected chi connectivity index (χ0v) is 7.19. The minimum atomic E-state index is 0.487. The fourth-order valence-corrected chi connectivity index (χ4v) is 1.13. The van der Waals surface area contributed by atoms with Gasteiger partial charge in [0.05, 0.1) is 6.26 Å². The van der Waals surface area contributed by atoms with Crippen molar-refractivity contribution in [1.82, 2.24) is 9.97 Å². The lowest BCUT2D eigenvalue weighted by atomic mass is 10.2. The van der Waals surface area contributed by atoms with Crippen molar-refractivity contribution in [2.24, 2.45) is 0 Å². The van der Waals surface area contributed by atoms with E-state index in [9.17, 15) is 0 Å². The van der Waals surface area contributed by atoms with Crippen LogP contribution in [0.3, 0.4) is 0 Å². The molecule has 4 nitrogen and oxygen atoms in total. The first kappa shape index (κ1) is 7.79. The van der Waals surface area contributed by atoms with Gasteiger partial charge in [-0.25, -0.2) is 9.97 Å². The summed E-state index contributed by atoms with van der Waals surface area (Å²) in [5, 5.41) is 0. The molecule has 0 spiro atoms. The SMILES string of the molecule is Cc1c(N)ncnc1-c1ccco1. The fourth-order valence-electron chi connectivity index (χ4n) is 1.13. The van der Waals surface area contributed by atoms with Gasteiger partial charge in [0.1, 0.15) is 17.8 Å². The molecule has 0 saturated heterocycles. The van der Waals surface area contributed by atoms with Crippen molar-refractivity contribution in [3.8, 4) is 11.5 Å². The number of rotatable bonds is 1. The van der Waals surface area contributed by atoms with E-state index in [2.05, 4.69) is 9.97 Å².